The largest absolute Gasteiger partial charge is 0.439 e. The molecule has 2 aromatic rings. The van der Waals surface area contributed by atoms with Crippen LogP contribution in [0.15, 0.2) is 36.5 Å². The molecule has 0 bridgehead atoms. The minimum atomic E-state index is -0.998. The fraction of sp³-hybridized carbons (Fsp3) is 0.154. The zero-order valence-electron chi connectivity index (χ0n) is 9.60. The number of halogens is 2. The summed E-state index contributed by atoms with van der Waals surface area (Å²) in [6.07, 6.45) is 0.722. The number of hydrogen-bond acceptors (Lipinski definition) is 3. The highest BCUT2D eigenvalue weighted by Gasteiger charge is 2.11. The maximum absolute atomic E-state index is 13.0. The molecule has 0 saturated carbocycles. The van der Waals surface area contributed by atoms with Crippen LogP contribution in [0.25, 0.3) is 0 Å². The molecular weight excluding hydrogens is 240 g/mol. The zero-order chi connectivity index (χ0) is 13.1. The van der Waals surface area contributed by atoms with Crippen molar-refractivity contribution in [3.8, 4) is 11.6 Å². The van der Waals surface area contributed by atoms with Gasteiger partial charge in [0.05, 0.1) is 6.10 Å². The predicted molar refractivity (Wildman–Crippen MR) is 61.3 cm³/mol. The van der Waals surface area contributed by atoms with E-state index in [0.29, 0.717) is 5.56 Å². The molecule has 94 valence electrons. The van der Waals surface area contributed by atoms with Gasteiger partial charge < -0.3 is 9.84 Å². The van der Waals surface area contributed by atoms with Crippen molar-refractivity contribution in [3.05, 3.63) is 53.7 Å². The monoisotopic (exact) mass is 251 g/mol. The molecule has 0 fully saturated rings. The Labute approximate surface area is 103 Å². The molecule has 0 aliphatic heterocycles. The van der Waals surface area contributed by atoms with Crippen molar-refractivity contribution in [1.82, 2.24) is 4.98 Å². The molecule has 0 amide bonds. The minimum absolute atomic E-state index is 0.120. The van der Waals surface area contributed by atoms with Crippen LogP contribution in [0.5, 0.6) is 11.6 Å². The fourth-order valence-electron chi connectivity index (χ4n) is 1.46. The van der Waals surface area contributed by atoms with Gasteiger partial charge in [-0.3, -0.25) is 0 Å². The minimum Gasteiger partial charge on any atom is -0.439 e. The summed E-state index contributed by atoms with van der Waals surface area (Å²) in [6.45, 7) is 1.56. The van der Waals surface area contributed by atoms with E-state index in [2.05, 4.69) is 4.98 Å². The first-order chi connectivity index (χ1) is 8.58. The molecule has 2 rings (SSSR count). The van der Waals surface area contributed by atoms with Crippen molar-refractivity contribution in [1.29, 1.82) is 0 Å². The number of nitrogens with zero attached hydrogens (tertiary/aromatic N) is 1. The Hall–Kier alpha value is -2.01. The summed E-state index contributed by atoms with van der Waals surface area (Å²) in [7, 11) is 0. The van der Waals surface area contributed by atoms with E-state index in [4.69, 9.17) is 4.74 Å². The van der Waals surface area contributed by atoms with Crippen molar-refractivity contribution in [3.63, 3.8) is 0 Å². The van der Waals surface area contributed by atoms with Gasteiger partial charge in [-0.05, 0) is 31.2 Å². The summed E-state index contributed by atoms with van der Waals surface area (Å²) in [5.74, 6) is -1.66. The summed E-state index contributed by atoms with van der Waals surface area (Å²) in [5, 5.41) is 9.53. The smallest absolute Gasteiger partial charge is 0.225 e. The number of pyridine rings is 1. The Balaban J connectivity index is 2.31. The Morgan fingerprint density at radius 1 is 1.22 bits per heavy atom. The molecule has 1 atom stereocenters. The molecule has 0 aliphatic rings. The highest BCUT2D eigenvalue weighted by molar-refractivity contribution is 5.33. The third-order valence-corrected chi connectivity index (χ3v) is 2.36. The van der Waals surface area contributed by atoms with Crippen LogP contribution in [0.4, 0.5) is 8.78 Å². The van der Waals surface area contributed by atoms with Crippen LogP contribution < -0.4 is 4.74 Å². The van der Waals surface area contributed by atoms with Crippen molar-refractivity contribution >= 4 is 0 Å². The highest BCUT2D eigenvalue weighted by atomic mass is 19.2. The average molecular weight is 251 g/mol. The second-order valence-corrected chi connectivity index (χ2v) is 3.75. The lowest BCUT2D eigenvalue weighted by Crippen LogP contribution is -1.98. The second-order valence-electron chi connectivity index (χ2n) is 3.75. The molecule has 1 aromatic heterocycles. The van der Waals surface area contributed by atoms with Crippen molar-refractivity contribution in [2.75, 3.05) is 0 Å². The number of aliphatic hydroxyl groups excluding tert-OH is 1. The molecule has 0 aliphatic carbocycles. The van der Waals surface area contributed by atoms with Gasteiger partial charge in [0, 0.05) is 17.8 Å². The van der Waals surface area contributed by atoms with Crippen LogP contribution in [0.1, 0.15) is 18.6 Å². The van der Waals surface area contributed by atoms with E-state index in [0.717, 1.165) is 12.1 Å². The number of hydrogen-bond donors (Lipinski definition) is 1. The van der Waals surface area contributed by atoms with E-state index < -0.39 is 17.7 Å². The van der Waals surface area contributed by atoms with Crippen LogP contribution in [0.2, 0.25) is 0 Å². The molecule has 0 radical (unpaired) electrons. The maximum Gasteiger partial charge on any atom is 0.225 e. The summed E-state index contributed by atoms with van der Waals surface area (Å²) in [6, 6.07) is 6.48. The highest BCUT2D eigenvalue weighted by Crippen LogP contribution is 2.27. The number of ether oxygens (including phenoxy) is 1. The van der Waals surface area contributed by atoms with Gasteiger partial charge in [0.1, 0.15) is 5.75 Å². The van der Waals surface area contributed by atoms with E-state index >= 15 is 0 Å². The molecular formula is C13H11F2NO2. The van der Waals surface area contributed by atoms with E-state index in [1.165, 1.54) is 12.3 Å². The average Bonchev–Trinajstić information content (AvgIpc) is 2.34. The molecule has 1 heterocycles. The first-order valence-electron chi connectivity index (χ1n) is 5.34. The predicted octanol–water partition coefficient (Wildman–Crippen LogP) is 3.21. The Kier molecular flexibility index (Phi) is 3.53. The van der Waals surface area contributed by atoms with E-state index in [1.807, 2.05) is 0 Å². The topological polar surface area (TPSA) is 42.4 Å². The first kappa shape index (κ1) is 12.4. The molecule has 5 heteroatoms. The van der Waals surface area contributed by atoms with Gasteiger partial charge in [0.2, 0.25) is 5.88 Å². The van der Waals surface area contributed by atoms with Gasteiger partial charge in [-0.2, -0.15) is 0 Å². The zero-order valence-corrected chi connectivity index (χ0v) is 9.60. The molecule has 0 saturated heterocycles. The van der Waals surface area contributed by atoms with E-state index in [1.54, 1.807) is 19.1 Å². The van der Waals surface area contributed by atoms with Crippen molar-refractivity contribution in [2.45, 2.75) is 13.0 Å². The number of rotatable bonds is 3. The molecule has 18 heavy (non-hydrogen) atoms. The van der Waals surface area contributed by atoms with E-state index in [-0.39, 0.29) is 11.6 Å². The quantitative estimate of drug-likeness (QED) is 0.910. The second kappa shape index (κ2) is 5.10. The number of benzene rings is 1. The lowest BCUT2D eigenvalue weighted by atomic mass is 10.2. The molecule has 1 N–H and O–H groups in total. The Morgan fingerprint density at radius 3 is 2.67 bits per heavy atom. The van der Waals surface area contributed by atoms with Crippen LogP contribution >= 0.6 is 0 Å². The fourth-order valence-corrected chi connectivity index (χ4v) is 1.46. The van der Waals surface area contributed by atoms with Gasteiger partial charge >= 0.3 is 0 Å². The van der Waals surface area contributed by atoms with Gasteiger partial charge in [-0.1, -0.05) is 0 Å². The summed E-state index contributed by atoms with van der Waals surface area (Å²) < 4.78 is 31.1. The van der Waals surface area contributed by atoms with Crippen LogP contribution in [0.3, 0.4) is 0 Å². The Morgan fingerprint density at radius 2 is 2.00 bits per heavy atom. The van der Waals surface area contributed by atoms with Crippen molar-refractivity contribution < 1.29 is 18.6 Å². The van der Waals surface area contributed by atoms with Crippen molar-refractivity contribution in [2.24, 2.45) is 0 Å². The van der Waals surface area contributed by atoms with E-state index in [9.17, 15) is 13.9 Å². The molecule has 0 spiro atoms. The standard InChI is InChI=1S/C13H11F2NO2/c1-8(17)10-3-2-6-16-13(10)18-9-4-5-11(14)12(15)7-9/h2-8,17H,1H3/t8-/m1/s1. The molecule has 3 nitrogen and oxygen atoms in total. The summed E-state index contributed by atoms with van der Waals surface area (Å²) in [5.41, 5.74) is 0.474. The third kappa shape index (κ3) is 2.62. The normalized spacial score (nSPS) is 12.2. The van der Waals surface area contributed by atoms with Crippen LogP contribution in [-0.2, 0) is 0 Å². The number of aromatic nitrogens is 1. The summed E-state index contributed by atoms with van der Waals surface area (Å²) in [4.78, 5) is 3.95. The summed E-state index contributed by atoms with van der Waals surface area (Å²) >= 11 is 0. The van der Waals surface area contributed by atoms with Gasteiger partial charge in [-0.25, -0.2) is 13.8 Å². The van der Waals surface area contributed by atoms with Gasteiger partial charge in [0.25, 0.3) is 0 Å². The van der Waals surface area contributed by atoms with Crippen LogP contribution in [0, 0.1) is 11.6 Å². The first-order valence-corrected chi connectivity index (χ1v) is 5.34. The van der Waals surface area contributed by atoms with Crippen LogP contribution in [-0.4, -0.2) is 10.1 Å². The lowest BCUT2D eigenvalue weighted by molar-refractivity contribution is 0.194. The lowest BCUT2D eigenvalue weighted by Gasteiger charge is -2.11. The Bertz CT molecular complexity index is 558. The third-order valence-electron chi connectivity index (χ3n) is 2.36. The molecule has 1 aromatic carbocycles. The molecule has 0 unspecified atom stereocenters. The maximum atomic E-state index is 13.0. The number of aliphatic hydroxyl groups is 1. The SMILES string of the molecule is C[C@@H](O)c1cccnc1Oc1ccc(F)c(F)c1. The van der Waals surface area contributed by atoms with Gasteiger partial charge in [-0.15, -0.1) is 0 Å². The van der Waals surface area contributed by atoms with Gasteiger partial charge in [0.15, 0.2) is 11.6 Å².